The van der Waals surface area contributed by atoms with Crippen molar-refractivity contribution in [3.63, 3.8) is 0 Å². The average Bonchev–Trinajstić information content (AvgIpc) is 3.02. The number of amides is 1. The van der Waals surface area contributed by atoms with Gasteiger partial charge < -0.3 is 14.8 Å². The number of ether oxygens (including phenoxy) is 2. The van der Waals surface area contributed by atoms with Crippen LogP contribution in [0.1, 0.15) is 32.6 Å². The highest BCUT2D eigenvalue weighted by Gasteiger charge is 2.42. The van der Waals surface area contributed by atoms with E-state index in [0.717, 1.165) is 11.8 Å². The summed E-state index contributed by atoms with van der Waals surface area (Å²) in [6, 6.07) is 0.235. The minimum absolute atomic E-state index is 0.134. The van der Waals surface area contributed by atoms with Gasteiger partial charge in [0.05, 0.1) is 0 Å². The molecule has 2 bridgehead atoms. The van der Waals surface area contributed by atoms with E-state index in [4.69, 9.17) is 9.47 Å². The summed E-state index contributed by atoms with van der Waals surface area (Å²) in [7, 11) is 0. The van der Waals surface area contributed by atoms with Crippen molar-refractivity contribution in [2.45, 2.75) is 38.6 Å². The number of nitrogens with one attached hydrogen (secondary N) is 1. The molecule has 0 saturated heterocycles. The number of fused-ring (bicyclic) bond motifs is 2. The van der Waals surface area contributed by atoms with Crippen molar-refractivity contribution in [1.82, 2.24) is 5.32 Å². The molecule has 0 radical (unpaired) electrons. The first kappa shape index (κ1) is 11.9. The van der Waals surface area contributed by atoms with Crippen molar-refractivity contribution < 1.29 is 14.3 Å². The van der Waals surface area contributed by atoms with Gasteiger partial charge in [-0.3, -0.25) is 4.79 Å². The molecule has 0 aromatic heterocycles. The van der Waals surface area contributed by atoms with E-state index in [1.165, 1.54) is 31.9 Å². The van der Waals surface area contributed by atoms with Gasteiger partial charge in [-0.1, -0.05) is 6.42 Å². The van der Waals surface area contributed by atoms with Crippen LogP contribution < -0.4 is 5.32 Å². The molecule has 1 heterocycles. The number of hydrogen-bond acceptors (Lipinski definition) is 3. The van der Waals surface area contributed by atoms with Crippen molar-refractivity contribution in [1.29, 1.82) is 0 Å². The molecule has 100 valence electrons. The zero-order valence-corrected chi connectivity index (χ0v) is 10.9. The van der Waals surface area contributed by atoms with Crippen LogP contribution >= 0.6 is 0 Å². The number of carbonyl (C=O) groups excluding carboxylic acids is 1. The maximum absolute atomic E-state index is 12.0. The summed E-state index contributed by atoms with van der Waals surface area (Å²) in [5.74, 6) is 2.56. The van der Waals surface area contributed by atoms with E-state index in [1.807, 2.05) is 0 Å². The second-order valence-corrected chi connectivity index (χ2v) is 5.80. The summed E-state index contributed by atoms with van der Waals surface area (Å²) in [6.45, 7) is 3.11. The molecule has 0 aromatic carbocycles. The largest absolute Gasteiger partial charge is 0.494 e. The predicted molar refractivity (Wildman–Crippen MR) is 66.5 cm³/mol. The summed E-state index contributed by atoms with van der Waals surface area (Å²) < 4.78 is 10.4. The Kier molecular flexibility index (Phi) is 3.18. The van der Waals surface area contributed by atoms with E-state index in [-0.39, 0.29) is 11.9 Å². The second-order valence-electron chi connectivity index (χ2n) is 5.80. The van der Waals surface area contributed by atoms with Gasteiger partial charge in [0, 0.05) is 6.04 Å². The van der Waals surface area contributed by atoms with Crippen LogP contribution in [0.3, 0.4) is 0 Å². The lowest BCUT2D eigenvalue weighted by molar-refractivity contribution is -0.123. The standard InChI is InChI=1S/C14H21NO3/c1-9(12-7-10-2-3-11(12)6-10)15-14(16)13-8-17-4-5-18-13/h8-12H,2-7H2,1H3,(H,15,16). The number of carbonyl (C=O) groups is 1. The first-order chi connectivity index (χ1) is 8.74. The summed E-state index contributed by atoms with van der Waals surface area (Å²) in [5, 5.41) is 3.06. The Balaban J connectivity index is 1.56. The fourth-order valence-corrected chi connectivity index (χ4v) is 3.78. The summed E-state index contributed by atoms with van der Waals surface area (Å²) in [6.07, 6.45) is 6.81. The van der Waals surface area contributed by atoms with E-state index < -0.39 is 0 Å². The molecule has 0 spiro atoms. The molecule has 18 heavy (non-hydrogen) atoms. The third kappa shape index (κ3) is 2.20. The van der Waals surface area contributed by atoms with E-state index in [1.54, 1.807) is 0 Å². The molecule has 4 nitrogen and oxygen atoms in total. The summed E-state index contributed by atoms with van der Waals surface area (Å²) >= 11 is 0. The zero-order valence-electron chi connectivity index (χ0n) is 10.9. The fraction of sp³-hybridized carbons (Fsp3) is 0.786. The van der Waals surface area contributed by atoms with E-state index >= 15 is 0 Å². The maximum atomic E-state index is 12.0. The second kappa shape index (κ2) is 4.82. The smallest absolute Gasteiger partial charge is 0.289 e. The molecule has 3 aliphatic rings. The van der Waals surface area contributed by atoms with Crippen LogP contribution in [0.5, 0.6) is 0 Å². The Morgan fingerprint density at radius 3 is 2.89 bits per heavy atom. The van der Waals surface area contributed by atoms with Gasteiger partial charge in [0.15, 0.2) is 0 Å². The van der Waals surface area contributed by atoms with E-state index in [9.17, 15) is 4.79 Å². The molecule has 1 N–H and O–H groups in total. The monoisotopic (exact) mass is 251 g/mol. The predicted octanol–water partition coefficient (Wildman–Crippen LogP) is 1.82. The van der Waals surface area contributed by atoms with Gasteiger partial charge in [0.1, 0.15) is 19.5 Å². The van der Waals surface area contributed by atoms with Gasteiger partial charge in [-0.05, 0) is 43.9 Å². The van der Waals surface area contributed by atoms with Crippen LogP contribution in [0.2, 0.25) is 0 Å². The third-order valence-electron chi connectivity index (χ3n) is 4.67. The van der Waals surface area contributed by atoms with E-state index in [2.05, 4.69) is 12.2 Å². The first-order valence-corrected chi connectivity index (χ1v) is 6.99. The molecule has 1 aliphatic heterocycles. The molecule has 4 atom stereocenters. The molecular weight excluding hydrogens is 230 g/mol. The van der Waals surface area contributed by atoms with Gasteiger partial charge in [-0.2, -0.15) is 0 Å². The number of rotatable bonds is 3. The highest BCUT2D eigenvalue weighted by atomic mass is 16.6. The van der Waals surface area contributed by atoms with Crippen LogP contribution in [0.15, 0.2) is 12.0 Å². The normalized spacial score (nSPS) is 35.4. The SMILES string of the molecule is CC(NC(=O)C1=COCCO1)C1CC2CCC1C2. The lowest BCUT2D eigenvalue weighted by atomic mass is 9.84. The summed E-state index contributed by atoms with van der Waals surface area (Å²) in [4.78, 5) is 12.0. The van der Waals surface area contributed by atoms with Crippen molar-refractivity contribution in [2.24, 2.45) is 17.8 Å². The molecule has 2 fully saturated rings. The van der Waals surface area contributed by atoms with Gasteiger partial charge in [0.2, 0.25) is 5.76 Å². The summed E-state index contributed by atoms with van der Waals surface area (Å²) in [5.41, 5.74) is 0. The average molecular weight is 251 g/mol. The molecular formula is C14H21NO3. The van der Waals surface area contributed by atoms with Crippen molar-refractivity contribution >= 4 is 5.91 Å². The quantitative estimate of drug-likeness (QED) is 0.832. The zero-order chi connectivity index (χ0) is 12.5. The molecule has 1 amide bonds. The molecule has 2 aliphatic carbocycles. The van der Waals surface area contributed by atoms with Crippen LogP contribution in [-0.2, 0) is 14.3 Å². The minimum Gasteiger partial charge on any atom is -0.494 e. The topological polar surface area (TPSA) is 47.6 Å². The van der Waals surface area contributed by atoms with Crippen molar-refractivity contribution in [2.75, 3.05) is 13.2 Å². The Morgan fingerprint density at radius 1 is 1.39 bits per heavy atom. The highest BCUT2D eigenvalue weighted by molar-refractivity contribution is 5.91. The van der Waals surface area contributed by atoms with Crippen molar-refractivity contribution in [3.05, 3.63) is 12.0 Å². The molecule has 4 heteroatoms. The number of hydrogen-bond donors (Lipinski definition) is 1. The van der Waals surface area contributed by atoms with Gasteiger partial charge in [-0.15, -0.1) is 0 Å². The van der Waals surface area contributed by atoms with Crippen LogP contribution in [0.25, 0.3) is 0 Å². The van der Waals surface area contributed by atoms with Crippen LogP contribution in [0.4, 0.5) is 0 Å². The molecule has 3 rings (SSSR count). The van der Waals surface area contributed by atoms with Crippen LogP contribution in [-0.4, -0.2) is 25.2 Å². The van der Waals surface area contributed by atoms with Crippen LogP contribution in [0, 0.1) is 17.8 Å². The van der Waals surface area contributed by atoms with Gasteiger partial charge >= 0.3 is 0 Å². The Hall–Kier alpha value is -1.19. The van der Waals surface area contributed by atoms with Gasteiger partial charge in [-0.25, -0.2) is 0 Å². The lowest BCUT2D eigenvalue weighted by Gasteiger charge is -2.29. The minimum atomic E-state index is -0.134. The lowest BCUT2D eigenvalue weighted by Crippen LogP contribution is -2.41. The Morgan fingerprint density at radius 2 is 2.28 bits per heavy atom. The molecule has 2 saturated carbocycles. The van der Waals surface area contributed by atoms with E-state index in [0.29, 0.717) is 24.9 Å². The Labute approximate surface area is 108 Å². The van der Waals surface area contributed by atoms with Crippen molar-refractivity contribution in [3.8, 4) is 0 Å². The molecule has 4 unspecified atom stereocenters. The molecule has 0 aromatic rings. The first-order valence-electron chi connectivity index (χ1n) is 6.99. The maximum Gasteiger partial charge on any atom is 0.289 e. The fourth-order valence-electron chi connectivity index (χ4n) is 3.78. The highest BCUT2D eigenvalue weighted by Crippen LogP contribution is 2.49. The third-order valence-corrected chi connectivity index (χ3v) is 4.67. The Bertz CT molecular complexity index is 366. The van der Waals surface area contributed by atoms with Gasteiger partial charge in [0.25, 0.3) is 5.91 Å².